The Morgan fingerprint density at radius 2 is 2.04 bits per heavy atom. The van der Waals surface area contributed by atoms with Gasteiger partial charge < -0.3 is 20.3 Å². The van der Waals surface area contributed by atoms with Gasteiger partial charge in [-0.25, -0.2) is 13.6 Å². The quantitative estimate of drug-likeness (QED) is 0.813. The first-order valence-electron chi connectivity index (χ1n) is 7.58. The summed E-state index contributed by atoms with van der Waals surface area (Å²) in [5.74, 6) is -2.37. The van der Waals surface area contributed by atoms with Gasteiger partial charge in [-0.05, 0) is 0 Å². The zero-order valence-electron chi connectivity index (χ0n) is 13.3. The number of hydrogen-bond acceptors (Lipinski definition) is 5. The van der Waals surface area contributed by atoms with Gasteiger partial charge in [0, 0.05) is 19.1 Å². The van der Waals surface area contributed by atoms with Crippen LogP contribution < -0.4 is 20.4 Å². The van der Waals surface area contributed by atoms with Crippen molar-refractivity contribution in [2.45, 2.75) is 13.0 Å². The number of nitrogens with one attached hydrogen (secondary N) is 2. The maximum atomic E-state index is 14.4. The molecule has 0 aliphatic carbocycles. The predicted molar refractivity (Wildman–Crippen MR) is 83.0 cm³/mol. The first-order valence-corrected chi connectivity index (χ1v) is 7.58. The molecule has 1 unspecified atom stereocenters. The smallest absolute Gasteiger partial charge is 0.414 e. The summed E-state index contributed by atoms with van der Waals surface area (Å²) in [7, 11) is 0. The van der Waals surface area contributed by atoms with Gasteiger partial charge in [-0.1, -0.05) is 0 Å². The van der Waals surface area contributed by atoms with Crippen molar-refractivity contribution >= 4 is 29.3 Å². The van der Waals surface area contributed by atoms with E-state index < -0.39 is 23.8 Å². The number of nitrogens with zero attached hydrogens (tertiary/aromatic N) is 2. The Hall–Kier alpha value is -2.91. The largest absolute Gasteiger partial charge is 0.442 e. The van der Waals surface area contributed by atoms with Crippen molar-refractivity contribution in [3.05, 3.63) is 23.8 Å². The first kappa shape index (κ1) is 16.9. The molecule has 2 N–H and O–H groups in total. The molecule has 0 spiro atoms. The minimum atomic E-state index is -0.885. The van der Waals surface area contributed by atoms with Crippen LogP contribution in [0.5, 0.6) is 0 Å². The molecular weight excluding hydrogens is 338 g/mol. The second kappa shape index (κ2) is 6.54. The number of hydrogen-bond donors (Lipinski definition) is 2. The molecule has 2 fully saturated rings. The highest BCUT2D eigenvalue weighted by Gasteiger charge is 2.34. The van der Waals surface area contributed by atoms with Crippen molar-refractivity contribution in [1.82, 2.24) is 10.6 Å². The Morgan fingerprint density at radius 3 is 2.60 bits per heavy atom. The van der Waals surface area contributed by atoms with Crippen molar-refractivity contribution < 1.29 is 27.9 Å². The van der Waals surface area contributed by atoms with Crippen molar-refractivity contribution in [1.29, 1.82) is 0 Å². The second-order valence-electron chi connectivity index (χ2n) is 5.77. The molecule has 3 amide bonds. The maximum Gasteiger partial charge on any atom is 0.414 e. The third kappa shape index (κ3) is 3.47. The fourth-order valence-electron chi connectivity index (χ4n) is 2.73. The van der Waals surface area contributed by atoms with Gasteiger partial charge in [-0.3, -0.25) is 14.5 Å². The topological polar surface area (TPSA) is 91.0 Å². The number of carbonyl (C=O) groups is 3. The molecule has 1 aromatic rings. The number of cyclic esters (lactones) is 1. The van der Waals surface area contributed by atoms with Gasteiger partial charge >= 0.3 is 6.09 Å². The van der Waals surface area contributed by atoms with Gasteiger partial charge in [0.05, 0.1) is 32.0 Å². The van der Waals surface area contributed by atoms with Gasteiger partial charge in [0.15, 0.2) is 11.6 Å². The van der Waals surface area contributed by atoms with E-state index in [0.717, 1.165) is 17.0 Å². The van der Waals surface area contributed by atoms with Crippen molar-refractivity contribution in [2.75, 3.05) is 36.1 Å². The van der Waals surface area contributed by atoms with E-state index in [0.29, 0.717) is 0 Å². The molecule has 1 atom stereocenters. The van der Waals surface area contributed by atoms with Crippen molar-refractivity contribution in [2.24, 2.45) is 0 Å². The minimum absolute atomic E-state index is 0.00700. The lowest BCUT2D eigenvalue weighted by Gasteiger charge is -2.20. The zero-order valence-corrected chi connectivity index (χ0v) is 13.3. The van der Waals surface area contributed by atoms with E-state index >= 15 is 0 Å². The van der Waals surface area contributed by atoms with Crippen molar-refractivity contribution in [3.63, 3.8) is 0 Å². The van der Waals surface area contributed by atoms with E-state index in [1.807, 2.05) is 0 Å². The number of ether oxygens (including phenoxy) is 1. The average molecular weight is 354 g/mol. The molecule has 25 heavy (non-hydrogen) atoms. The van der Waals surface area contributed by atoms with Crippen LogP contribution in [-0.2, 0) is 14.3 Å². The van der Waals surface area contributed by atoms with E-state index in [2.05, 4.69) is 10.6 Å². The van der Waals surface area contributed by atoms with Gasteiger partial charge in [-0.2, -0.15) is 0 Å². The lowest BCUT2D eigenvalue weighted by Crippen LogP contribution is -2.33. The highest BCUT2D eigenvalue weighted by molar-refractivity contribution is 5.90. The molecule has 8 nitrogen and oxygen atoms in total. The monoisotopic (exact) mass is 354 g/mol. The average Bonchev–Trinajstić information content (AvgIpc) is 3.10. The molecular formula is C15H16F2N4O4. The van der Waals surface area contributed by atoms with E-state index in [-0.39, 0.29) is 49.5 Å². The highest BCUT2D eigenvalue weighted by atomic mass is 19.1. The standard InChI is InChI=1S/C15H16F2N4O4/c1-8(22)18-4-10-5-21(15(24)25-10)9-2-11(16)14(12(17)3-9)20-6-13(23)19-7-20/h2-3,10H,4-7H2,1H3,(H,18,22)(H,19,23). The number of benzene rings is 1. The number of carbonyl (C=O) groups excluding carboxylic acids is 3. The molecule has 2 heterocycles. The molecule has 1 aromatic carbocycles. The highest BCUT2D eigenvalue weighted by Crippen LogP contribution is 2.31. The van der Waals surface area contributed by atoms with Crippen LogP contribution in [-0.4, -0.2) is 50.3 Å². The Labute approximate surface area is 141 Å². The molecule has 10 heteroatoms. The lowest BCUT2D eigenvalue weighted by atomic mass is 10.2. The van der Waals surface area contributed by atoms with Crippen LogP contribution >= 0.6 is 0 Å². The first-order chi connectivity index (χ1) is 11.8. The Morgan fingerprint density at radius 1 is 1.36 bits per heavy atom. The number of amides is 3. The fraction of sp³-hybridized carbons (Fsp3) is 0.400. The minimum Gasteiger partial charge on any atom is -0.442 e. The summed E-state index contributed by atoms with van der Waals surface area (Å²) in [5.41, 5.74) is -0.322. The normalized spacial score (nSPS) is 19.9. The molecule has 2 aliphatic rings. The fourth-order valence-corrected chi connectivity index (χ4v) is 2.73. The summed E-state index contributed by atoms with van der Waals surface area (Å²) in [6.07, 6.45) is -1.36. The van der Waals surface area contributed by atoms with Gasteiger partial charge in [0.1, 0.15) is 11.8 Å². The van der Waals surface area contributed by atoms with Crippen LogP contribution in [0.1, 0.15) is 6.92 Å². The molecule has 0 saturated carbocycles. The summed E-state index contributed by atoms with van der Waals surface area (Å²) < 4.78 is 33.8. The predicted octanol–water partition coefficient (Wildman–Crippen LogP) is 0.320. The van der Waals surface area contributed by atoms with Crippen LogP contribution in [0.25, 0.3) is 0 Å². The van der Waals surface area contributed by atoms with E-state index in [1.54, 1.807) is 0 Å². The molecule has 0 bridgehead atoms. The third-order valence-corrected chi connectivity index (χ3v) is 3.88. The summed E-state index contributed by atoms with van der Waals surface area (Å²) >= 11 is 0. The van der Waals surface area contributed by atoms with E-state index in [9.17, 15) is 23.2 Å². The van der Waals surface area contributed by atoms with Gasteiger partial charge in [0.2, 0.25) is 11.8 Å². The molecule has 0 aromatic heterocycles. The van der Waals surface area contributed by atoms with Crippen LogP contribution in [0.3, 0.4) is 0 Å². The maximum absolute atomic E-state index is 14.4. The second-order valence-corrected chi connectivity index (χ2v) is 5.77. The van der Waals surface area contributed by atoms with Crippen LogP contribution in [0.15, 0.2) is 12.1 Å². The van der Waals surface area contributed by atoms with Crippen LogP contribution in [0.4, 0.5) is 25.0 Å². The van der Waals surface area contributed by atoms with Gasteiger partial charge in [0.25, 0.3) is 0 Å². The Bertz CT molecular complexity index is 719. The summed E-state index contributed by atoms with van der Waals surface area (Å²) in [4.78, 5) is 36.4. The zero-order chi connectivity index (χ0) is 18.1. The Balaban J connectivity index is 1.78. The van der Waals surface area contributed by atoms with E-state index in [4.69, 9.17) is 4.74 Å². The van der Waals surface area contributed by atoms with E-state index in [1.165, 1.54) is 11.8 Å². The van der Waals surface area contributed by atoms with Crippen LogP contribution in [0.2, 0.25) is 0 Å². The molecule has 2 saturated heterocycles. The van der Waals surface area contributed by atoms with Crippen molar-refractivity contribution in [3.8, 4) is 0 Å². The number of anilines is 2. The number of rotatable bonds is 4. The molecule has 3 rings (SSSR count). The summed E-state index contributed by atoms with van der Waals surface area (Å²) in [6, 6.07) is 2.03. The molecule has 0 radical (unpaired) electrons. The lowest BCUT2D eigenvalue weighted by molar-refractivity contribution is -0.119. The number of halogens is 2. The molecule has 134 valence electrons. The molecule has 2 aliphatic heterocycles. The van der Waals surface area contributed by atoms with Gasteiger partial charge in [-0.15, -0.1) is 0 Å². The summed E-state index contributed by atoms with van der Waals surface area (Å²) in [5, 5.41) is 4.98. The Kier molecular flexibility index (Phi) is 4.43. The summed E-state index contributed by atoms with van der Waals surface area (Å²) in [6.45, 7) is 1.37. The third-order valence-electron chi connectivity index (χ3n) is 3.88. The SMILES string of the molecule is CC(=O)NCC1CN(c2cc(F)c(N3CNC(=O)C3)c(F)c2)C(=O)O1. The van der Waals surface area contributed by atoms with Crippen LogP contribution in [0, 0.1) is 11.6 Å².